The zero-order valence-corrected chi connectivity index (χ0v) is 20.3. The summed E-state index contributed by atoms with van der Waals surface area (Å²) in [7, 11) is 3.18. The van der Waals surface area contributed by atoms with E-state index in [1.807, 2.05) is 24.3 Å². The normalized spacial score (nSPS) is 11.6. The summed E-state index contributed by atoms with van der Waals surface area (Å²) in [6, 6.07) is 10.3. The van der Waals surface area contributed by atoms with Gasteiger partial charge >= 0.3 is 0 Å². The minimum atomic E-state index is -0.258. The third kappa shape index (κ3) is 9.64. The molecule has 0 aliphatic heterocycles. The van der Waals surface area contributed by atoms with Crippen LogP contribution in [-0.4, -0.2) is 27.8 Å². The monoisotopic (exact) mass is 454 g/mol. The molecule has 4 nitrogen and oxygen atoms in total. The molecule has 0 aliphatic rings. The highest BCUT2D eigenvalue weighted by atomic mass is 19.1. The second kappa shape index (κ2) is 14.3. The molecule has 0 heterocycles. The average Bonchev–Trinajstić information content (AvgIpc) is 2.79. The number of benzene rings is 2. The lowest BCUT2D eigenvalue weighted by Gasteiger charge is -2.16. The maximum Gasteiger partial charge on any atom is 0.188 e. The zero-order valence-electron chi connectivity index (χ0n) is 20.3. The molecule has 0 atom stereocenters. The summed E-state index contributed by atoms with van der Waals surface area (Å²) in [5, 5.41) is 0. The lowest BCUT2D eigenvalue weighted by Crippen LogP contribution is -2.06. The van der Waals surface area contributed by atoms with Crippen LogP contribution in [0.15, 0.2) is 59.7 Å². The molecule has 0 aliphatic carbocycles. The van der Waals surface area contributed by atoms with Gasteiger partial charge < -0.3 is 18.9 Å². The second-order valence-electron chi connectivity index (χ2n) is 8.06. The van der Waals surface area contributed by atoms with E-state index in [1.54, 1.807) is 26.4 Å². The number of methoxy groups -OCH3 is 2. The van der Waals surface area contributed by atoms with Crippen molar-refractivity contribution in [3.05, 3.63) is 82.2 Å². The molecule has 0 saturated heterocycles. The third-order valence-corrected chi connectivity index (χ3v) is 4.94. The molecule has 0 saturated carbocycles. The van der Waals surface area contributed by atoms with Gasteiger partial charge in [-0.1, -0.05) is 47.6 Å². The summed E-state index contributed by atoms with van der Waals surface area (Å²) < 4.78 is 35.3. The Morgan fingerprint density at radius 3 is 1.94 bits per heavy atom. The highest BCUT2D eigenvalue weighted by Crippen LogP contribution is 2.33. The van der Waals surface area contributed by atoms with Gasteiger partial charge in [-0.2, -0.15) is 0 Å². The molecule has 0 N–H and O–H groups in total. The first kappa shape index (κ1) is 26.4. The molecule has 5 heteroatoms. The number of allylic oxidation sites excluding steroid dienone is 4. The molecule has 2 aromatic carbocycles. The summed E-state index contributed by atoms with van der Waals surface area (Å²) in [4.78, 5) is 0. The number of hydrogen-bond donors (Lipinski definition) is 0. The topological polar surface area (TPSA) is 36.9 Å². The number of rotatable bonds is 13. The van der Waals surface area contributed by atoms with Crippen molar-refractivity contribution in [3.8, 4) is 11.5 Å². The SMILES string of the molecule is COCOc1cc(C=Cc2ccc(F)cc2)cc(OCOC)c1CC=C(C)CCC=C(C)C. The molecule has 33 heavy (non-hydrogen) atoms. The molecule has 178 valence electrons. The molecule has 0 radical (unpaired) electrons. The van der Waals surface area contributed by atoms with Gasteiger partial charge in [0.25, 0.3) is 0 Å². The molecule has 0 unspecified atom stereocenters. The Kier molecular flexibility index (Phi) is 11.4. The minimum absolute atomic E-state index is 0.130. The first-order valence-electron chi connectivity index (χ1n) is 11.1. The Bertz CT molecular complexity index is 925. The quantitative estimate of drug-likeness (QED) is 0.182. The summed E-state index contributed by atoms with van der Waals surface area (Å²) in [5.74, 6) is 1.13. The predicted molar refractivity (Wildman–Crippen MR) is 133 cm³/mol. The van der Waals surface area contributed by atoms with Gasteiger partial charge in [0, 0.05) is 19.8 Å². The van der Waals surface area contributed by atoms with E-state index in [1.165, 1.54) is 23.3 Å². The maximum atomic E-state index is 13.2. The summed E-state index contributed by atoms with van der Waals surface area (Å²) >= 11 is 0. The van der Waals surface area contributed by atoms with Crippen molar-refractivity contribution in [1.82, 2.24) is 0 Å². The van der Waals surface area contributed by atoms with Crippen LogP contribution in [0.4, 0.5) is 4.39 Å². The molecule has 2 rings (SSSR count). The van der Waals surface area contributed by atoms with Gasteiger partial charge in [-0.3, -0.25) is 0 Å². The molecular formula is C28H35FO4. The number of hydrogen-bond acceptors (Lipinski definition) is 4. The van der Waals surface area contributed by atoms with Gasteiger partial charge in [-0.05, 0) is 75.4 Å². The Morgan fingerprint density at radius 1 is 0.818 bits per heavy atom. The van der Waals surface area contributed by atoms with Gasteiger partial charge in [0.05, 0.1) is 0 Å². The summed E-state index contributed by atoms with van der Waals surface area (Å²) in [6.45, 7) is 6.63. The fourth-order valence-electron chi connectivity index (χ4n) is 3.17. The first-order valence-corrected chi connectivity index (χ1v) is 11.1. The van der Waals surface area contributed by atoms with Gasteiger partial charge in [-0.15, -0.1) is 0 Å². The standard InChI is InChI=1S/C28H35FO4/c1-21(2)7-6-8-22(3)9-16-26-27(32-19-30-4)17-24(18-28(26)33-20-31-5)11-10-23-12-14-25(29)15-13-23/h7,9-15,17-18H,6,8,16,19-20H2,1-5H3. The van der Waals surface area contributed by atoms with Crippen LogP contribution in [0.1, 0.15) is 50.3 Å². The van der Waals surface area contributed by atoms with E-state index in [0.29, 0.717) is 17.9 Å². The molecule has 0 spiro atoms. The Labute approximate surface area is 197 Å². The zero-order chi connectivity index (χ0) is 24.1. The summed E-state index contributed by atoms with van der Waals surface area (Å²) in [6.07, 6.45) is 11.0. The van der Waals surface area contributed by atoms with E-state index < -0.39 is 0 Å². The smallest absolute Gasteiger partial charge is 0.188 e. The van der Waals surface area contributed by atoms with Crippen molar-refractivity contribution in [3.63, 3.8) is 0 Å². The van der Waals surface area contributed by atoms with E-state index in [0.717, 1.165) is 29.5 Å². The van der Waals surface area contributed by atoms with Crippen molar-refractivity contribution >= 4 is 12.2 Å². The van der Waals surface area contributed by atoms with Gasteiger partial charge in [0.1, 0.15) is 17.3 Å². The fourth-order valence-corrected chi connectivity index (χ4v) is 3.17. The number of ether oxygens (including phenoxy) is 4. The van der Waals surface area contributed by atoms with Gasteiger partial charge in [-0.25, -0.2) is 4.39 Å². The van der Waals surface area contributed by atoms with Crippen molar-refractivity contribution in [2.75, 3.05) is 27.8 Å². The maximum absolute atomic E-state index is 13.2. The average molecular weight is 455 g/mol. The van der Waals surface area contributed by atoms with Crippen LogP contribution in [0.2, 0.25) is 0 Å². The van der Waals surface area contributed by atoms with E-state index >= 15 is 0 Å². The van der Waals surface area contributed by atoms with Crippen LogP contribution in [0.25, 0.3) is 12.2 Å². The molecular weight excluding hydrogens is 419 g/mol. The Hall–Kier alpha value is -2.89. The van der Waals surface area contributed by atoms with Crippen LogP contribution < -0.4 is 9.47 Å². The highest BCUT2D eigenvalue weighted by Gasteiger charge is 2.13. The second-order valence-corrected chi connectivity index (χ2v) is 8.06. The lowest BCUT2D eigenvalue weighted by molar-refractivity contribution is 0.0448. The van der Waals surface area contributed by atoms with Crippen LogP contribution in [0.3, 0.4) is 0 Å². The molecule has 0 bridgehead atoms. The first-order chi connectivity index (χ1) is 15.9. The Morgan fingerprint density at radius 2 is 1.39 bits per heavy atom. The Balaban J connectivity index is 2.34. The minimum Gasteiger partial charge on any atom is -0.467 e. The predicted octanol–water partition coefficient (Wildman–Crippen LogP) is 7.20. The third-order valence-electron chi connectivity index (χ3n) is 4.94. The van der Waals surface area contributed by atoms with Crippen molar-refractivity contribution in [2.24, 2.45) is 0 Å². The largest absolute Gasteiger partial charge is 0.467 e. The van der Waals surface area contributed by atoms with E-state index in [2.05, 4.69) is 32.9 Å². The fraction of sp³-hybridized carbons (Fsp3) is 0.357. The van der Waals surface area contributed by atoms with E-state index in [4.69, 9.17) is 18.9 Å². The van der Waals surface area contributed by atoms with Gasteiger partial charge in [0.15, 0.2) is 13.6 Å². The van der Waals surface area contributed by atoms with Crippen molar-refractivity contribution < 1.29 is 23.3 Å². The number of halogens is 1. The van der Waals surface area contributed by atoms with Crippen LogP contribution in [-0.2, 0) is 15.9 Å². The molecule has 2 aromatic rings. The summed E-state index contributed by atoms with van der Waals surface area (Å²) in [5.41, 5.74) is 5.36. The van der Waals surface area contributed by atoms with E-state index in [9.17, 15) is 4.39 Å². The van der Waals surface area contributed by atoms with Crippen LogP contribution in [0, 0.1) is 5.82 Å². The van der Waals surface area contributed by atoms with Crippen LogP contribution >= 0.6 is 0 Å². The molecule has 0 aromatic heterocycles. The van der Waals surface area contributed by atoms with Crippen molar-refractivity contribution in [2.45, 2.75) is 40.0 Å². The lowest BCUT2D eigenvalue weighted by atomic mass is 10.0. The van der Waals surface area contributed by atoms with Gasteiger partial charge in [0.2, 0.25) is 0 Å². The van der Waals surface area contributed by atoms with E-state index in [-0.39, 0.29) is 19.4 Å². The van der Waals surface area contributed by atoms with Crippen molar-refractivity contribution in [1.29, 1.82) is 0 Å². The molecule has 0 fully saturated rings. The highest BCUT2D eigenvalue weighted by molar-refractivity contribution is 5.72. The van der Waals surface area contributed by atoms with Crippen LogP contribution in [0.5, 0.6) is 11.5 Å². The molecule has 0 amide bonds.